The molecule has 0 saturated heterocycles. The molecule has 0 spiro atoms. The SMILES string of the molecule is C=CCOc1ccccc1/C=C1/N=C(c2ccc(Cl)cc2Cl)OC1=O. The first kappa shape index (κ1) is 17.3. The molecule has 2 aromatic carbocycles. The summed E-state index contributed by atoms with van der Waals surface area (Å²) >= 11 is 12.0. The summed E-state index contributed by atoms with van der Waals surface area (Å²) in [4.78, 5) is 16.4. The highest BCUT2D eigenvalue weighted by atomic mass is 35.5. The number of cyclic esters (lactones) is 1. The fourth-order valence-corrected chi connectivity index (χ4v) is 2.70. The van der Waals surface area contributed by atoms with Crippen LogP contribution < -0.4 is 4.74 Å². The Morgan fingerprint density at radius 2 is 2.00 bits per heavy atom. The second-order valence-electron chi connectivity index (χ2n) is 5.10. The summed E-state index contributed by atoms with van der Waals surface area (Å²) in [5, 5.41) is 0.845. The van der Waals surface area contributed by atoms with Gasteiger partial charge in [-0.1, -0.05) is 54.1 Å². The molecule has 0 saturated carbocycles. The molecule has 4 nitrogen and oxygen atoms in total. The molecule has 1 aliphatic rings. The van der Waals surface area contributed by atoms with E-state index in [1.807, 2.05) is 18.2 Å². The van der Waals surface area contributed by atoms with Gasteiger partial charge in [0.05, 0.1) is 10.6 Å². The number of para-hydroxylation sites is 1. The van der Waals surface area contributed by atoms with Gasteiger partial charge in [0.25, 0.3) is 0 Å². The molecule has 1 heterocycles. The Hall–Kier alpha value is -2.56. The summed E-state index contributed by atoms with van der Waals surface area (Å²) in [5.74, 6) is 0.206. The van der Waals surface area contributed by atoms with Gasteiger partial charge in [-0.15, -0.1) is 0 Å². The third-order valence-electron chi connectivity index (χ3n) is 3.35. The fourth-order valence-electron chi connectivity index (χ4n) is 2.21. The zero-order valence-corrected chi connectivity index (χ0v) is 14.6. The van der Waals surface area contributed by atoms with Crippen molar-refractivity contribution in [2.75, 3.05) is 6.61 Å². The van der Waals surface area contributed by atoms with Crippen LogP contribution in [0, 0.1) is 0 Å². The Balaban J connectivity index is 1.95. The first-order valence-electron chi connectivity index (χ1n) is 7.39. The van der Waals surface area contributed by atoms with Crippen molar-refractivity contribution in [3.05, 3.63) is 82.0 Å². The summed E-state index contributed by atoms with van der Waals surface area (Å²) < 4.78 is 10.8. The number of halogens is 2. The predicted molar refractivity (Wildman–Crippen MR) is 99.2 cm³/mol. The van der Waals surface area contributed by atoms with Crippen LogP contribution in [0.5, 0.6) is 5.75 Å². The molecule has 3 rings (SSSR count). The third-order valence-corrected chi connectivity index (χ3v) is 3.90. The zero-order chi connectivity index (χ0) is 17.8. The number of esters is 1. The molecule has 6 heteroatoms. The summed E-state index contributed by atoms with van der Waals surface area (Å²) in [6, 6.07) is 12.2. The van der Waals surface area contributed by atoms with Crippen molar-refractivity contribution < 1.29 is 14.3 Å². The number of carbonyl (C=O) groups is 1. The Bertz CT molecular complexity index is 903. The molecule has 0 fully saturated rings. The minimum Gasteiger partial charge on any atom is -0.489 e. The van der Waals surface area contributed by atoms with Crippen LogP contribution >= 0.6 is 23.2 Å². The molecule has 0 aromatic heterocycles. The van der Waals surface area contributed by atoms with Gasteiger partial charge in [-0.2, -0.15) is 0 Å². The molecule has 0 N–H and O–H groups in total. The highest BCUT2D eigenvalue weighted by molar-refractivity contribution is 6.37. The molecule has 0 unspecified atom stereocenters. The van der Waals surface area contributed by atoms with Gasteiger partial charge in [-0.05, 0) is 30.3 Å². The molecule has 0 aliphatic carbocycles. The van der Waals surface area contributed by atoms with E-state index >= 15 is 0 Å². The molecular formula is C19H13Cl2NO3. The van der Waals surface area contributed by atoms with Gasteiger partial charge in [0, 0.05) is 10.6 Å². The highest BCUT2D eigenvalue weighted by Crippen LogP contribution is 2.28. The quantitative estimate of drug-likeness (QED) is 0.425. The van der Waals surface area contributed by atoms with Crippen LogP contribution in [-0.4, -0.2) is 18.5 Å². The number of aliphatic imine (C=N–C) groups is 1. The van der Waals surface area contributed by atoms with Crippen LogP contribution in [0.15, 0.2) is 65.8 Å². The zero-order valence-electron chi connectivity index (χ0n) is 13.0. The minimum atomic E-state index is -0.556. The van der Waals surface area contributed by atoms with Crippen LogP contribution in [-0.2, 0) is 9.53 Å². The van der Waals surface area contributed by atoms with Gasteiger partial charge >= 0.3 is 5.97 Å². The second kappa shape index (κ2) is 7.55. The maximum Gasteiger partial charge on any atom is 0.363 e. The van der Waals surface area contributed by atoms with Gasteiger partial charge < -0.3 is 9.47 Å². The van der Waals surface area contributed by atoms with Gasteiger partial charge in [0.15, 0.2) is 5.70 Å². The van der Waals surface area contributed by atoms with E-state index in [2.05, 4.69) is 11.6 Å². The van der Waals surface area contributed by atoms with Crippen LogP contribution in [0.3, 0.4) is 0 Å². The molecule has 2 aromatic rings. The number of hydrogen-bond acceptors (Lipinski definition) is 4. The first-order valence-corrected chi connectivity index (χ1v) is 8.15. The second-order valence-corrected chi connectivity index (χ2v) is 5.94. The third kappa shape index (κ3) is 3.92. The van der Waals surface area contributed by atoms with Crippen molar-refractivity contribution in [1.82, 2.24) is 0 Å². The molecule has 0 radical (unpaired) electrons. The van der Waals surface area contributed by atoms with Crippen molar-refractivity contribution >= 4 is 41.1 Å². The van der Waals surface area contributed by atoms with Crippen molar-refractivity contribution in [1.29, 1.82) is 0 Å². The Morgan fingerprint density at radius 1 is 1.20 bits per heavy atom. The van der Waals surface area contributed by atoms with Crippen LogP contribution in [0.1, 0.15) is 11.1 Å². The maximum atomic E-state index is 12.1. The first-order chi connectivity index (χ1) is 12.1. The molecule has 1 aliphatic heterocycles. The number of ether oxygens (including phenoxy) is 2. The van der Waals surface area contributed by atoms with E-state index < -0.39 is 5.97 Å². The number of rotatable bonds is 5. The minimum absolute atomic E-state index is 0.141. The van der Waals surface area contributed by atoms with Crippen molar-refractivity contribution in [3.8, 4) is 5.75 Å². The molecule has 126 valence electrons. The molecule has 0 amide bonds. The van der Waals surface area contributed by atoms with E-state index in [0.29, 0.717) is 33.5 Å². The van der Waals surface area contributed by atoms with Gasteiger partial charge in [-0.3, -0.25) is 0 Å². The van der Waals surface area contributed by atoms with E-state index in [1.165, 1.54) is 0 Å². The Morgan fingerprint density at radius 3 is 2.76 bits per heavy atom. The monoisotopic (exact) mass is 373 g/mol. The average molecular weight is 374 g/mol. The number of benzene rings is 2. The standard InChI is InChI=1S/C19H13Cl2NO3/c1-2-9-24-17-6-4-3-5-12(17)10-16-19(23)25-18(22-16)14-8-7-13(20)11-15(14)21/h2-8,10-11H,1,9H2/b16-10+. The van der Waals surface area contributed by atoms with Gasteiger partial charge in [0.1, 0.15) is 12.4 Å². The van der Waals surface area contributed by atoms with Crippen molar-refractivity contribution in [3.63, 3.8) is 0 Å². The van der Waals surface area contributed by atoms with Crippen molar-refractivity contribution in [2.45, 2.75) is 0 Å². The lowest BCUT2D eigenvalue weighted by Gasteiger charge is -2.06. The predicted octanol–water partition coefficient (Wildman–Crippen LogP) is 4.90. The molecule has 0 bridgehead atoms. The average Bonchev–Trinajstić information content (AvgIpc) is 2.94. The van der Waals surface area contributed by atoms with E-state index in [9.17, 15) is 4.79 Å². The normalized spacial score (nSPS) is 15.0. The van der Waals surface area contributed by atoms with Crippen LogP contribution in [0.25, 0.3) is 6.08 Å². The molecule has 25 heavy (non-hydrogen) atoms. The van der Waals surface area contributed by atoms with Crippen molar-refractivity contribution in [2.24, 2.45) is 4.99 Å². The lowest BCUT2D eigenvalue weighted by molar-refractivity contribution is -0.129. The lowest BCUT2D eigenvalue weighted by atomic mass is 10.1. The smallest absolute Gasteiger partial charge is 0.363 e. The largest absolute Gasteiger partial charge is 0.489 e. The van der Waals surface area contributed by atoms with Gasteiger partial charge in [-0.25, -0.2) is 9.79 Å². The fraction of sp³-hybridized carbons (Fsp3) is 0.0526. The Labute approximate surface area is 155 Å². The van der Waals surface area contributed by atoms with E-state index in [4.69, 9.17) is 32.7 Å². The molecular weight excluding hydrogens is 361 g/mol. The summed E-state index contributed by atoms with van der Waals surface area (Å²) in [5.41, 5.74) is 1.37. The Kier molecular flexibility index (Phi) is 5.22. The highest BCUT2D eigenvalue weighted by Gasteiger charge is 2.26. The summed E-state index contributed by atoms with van der Waals surface area (Å²) in [7, 11) is 0. The lowest BCUT2D eigenvalue weighted by Crippen LogP contribution is -2.06. The van der Waals surface area contributed by atoms with E-state index in [-0.39, 0.29) is 11.6 Å². The number of carbonyl (C=O) groups excluding carboxylic acids is 1. The van der Waals surface area contributed by atoms with Crippen LogP contribution in [0.2, 0.25) is 10.0 Å². The topological polar surface area (TPSA) is 47.9 Å². The maximum absolute atomic E-state index is 12.1. The number of nitrogens with zero attached hydrogens (tertiary/aromatic N) is 1. The summed E-state index contributed by atoms with van der Waals surface area (Å²) in [6.07, 6.45) is 3.25. The van der Waals surface area contributed by atoms with E-state index in [1.54, 1.807) is 36.4 Å². The summed E-state index contributed by atoms with van der Waals surface area (Å²) in [6.45, 7) is 3.98. The van der Waals surface area contributed by atoms with E-state index in [0.717, 1.165) is 0 Å². The number of hydrogen-bond donors (Lipinski definition) is 0. The van der Waals surface area contributed by atoms with Gasteiger partial charge in [0.2, 0.25) is 5.90 Å². The molecule has 0 atom stereocenters. The van der Waals surface area contributed by atoms with Crippen LogP contribution in [0.4, 0.5) is 0 Å².